The number of hydrazone groups is 1. The number of hydrogen-bond acceptors (Lipinski definition) is 5. The van der Waals surface area contributed by atoms with Gasteiger partial charge in [0.25, 0.3) is 5.91 Å². The van der Waals surface area contributed by atoms with Crippen LogP contribution in [0.3, 0.4) is 0 Å². The van der Waals surface area contributed by atoms with Crippen molar-refractivity contribution in [2.75, 3.05) is 7.11 Å². The SMILES string of the molecule is COC(=O)c1ccc(C=NNC(=O)C(O)(c2ccccc2)c2ccccc2)cc1. The molecule has 1 amide bonds. The van der Waals surface area contributed by atoms with Gasteiger partial charge in [0.2, 0.25) is 0 Å². The molecule has 6 nitrogen and oxygen atoms in total. The second-order valence-corrected chi connectivity index (χ2v) is 6.26. The van der Waals surface area contributed by atoms with E-state index in [0.29, 0.717) is 22.3 Å². The number of rotatable bonds is 6. The number of benzene rings is 3. The first-order valence-corrected chi connectivity index (χ1v) is 8.91. The van der Waals surface area contributed by atoms with Crippen LogP contribution in [-0.2, 0) is 15.1 Å². The topological polar surface area (TPSA) is 88.0 Å². The van der Waals surface area contributed by atoms with Crippen LogP contribution in [0.25, 0.3) is 0 Å². The summed E-state index contributed by atoms with van der Waals surface area (Å²) < 4.78 is 4.65. The largest absolute Gasteiger partial charge is 0.465 e. The normalized spacial score (nSPS) is 11.2. The summed E-state index contributed by atoms with van der Waals surface area (Å²) >= 11 is 0. The lowest BCUT2D eigenvalue weighted by atomic mass is 9.85. The Kier molecular flexibility index (Phi) is 6.16. The number of esters is 1. The molecular weight excluding hydrogens is 368 g/mol. The minimum atomic E-state index is -1.89. The Hall–Kier alpha value is -3.77. The molecule has 0 aliphatic heterocycles. The standard InChI is InChI=1S/C23H20N2O4/c1-29-21(26)18-14-12-17(13-15-18)16-24-25-22(27)23(28,19-8-4-2-5-9-19)20-10-6-3-7-11-20/h2-16,28H,1H3,(H,25,27). The van der Waals surface area contributed by atoms with Crippen LogP contribution in [-0.4, -0.2) is 30.3 Å². The lowest BCUT2D eigenvalue weighted by molar-refractivity contribution is -0.136. The lowest BCUT2D eigenvalue weighted by Gasteiger charge is -2.27. The number of methoxy groups -OCH3 is 1. The van der Waals surface area contributed by atoms with Crippen LogP contribution in [0.1, 0.15) is 27.0 Å². The van der Waals surface area contributed by atoms with Crippen molar-refractivity contribution in [3.63, 3.8) is 0 Å². The number of hydrogen-bond donors (Lipinski definition) is 2. The van der Waals surface area contributed by atoms with Crippen LogP contribution >= 0.6 is 0 Å². The summed E-state index contributed by atoms with van der Waals surface area (Å²) in [6.07, 6.45) is 1.43. The van der Waals surface area contributed by atoms with E-state index in [4.69, 9.17) is 0 Å². The number of carbonyl (C=O) groups excluding carboxylic acids is 2. The molecule has 0 spiro atoms. The molecule has 3 rings (SSSR count). The predicted octanol–water partition coefficient (Wildman–Crippen LogP) is 2.86. The Morgan fingerprint density at radius 2 is 1.41 bits per heavy atom. The third-order valence-electron chi connectivity index (χ3n) is 4.42. The lowest BCUT2D eigenvalue weighted by Crippen LogP contribution is -2.43. The second-order valence-electron chi connectivity index (χ2n) is 6.26. The van der Waals surface area contributed by atoms with Crippen molar-refractivity contribution in [1.82, 2.24) is 5.43 Å². The van der Waals surface area contributed by atoms with Gasteiger partial charge < -0.3 is 9.84 Å². The summed E-state index contributed by atoms with van der Waals surface area (Å²) in [5.41, 5.74) is 2.46. The van der Waals surface area contributed by atoms with Crippen LogP contribution in [0.5, 0.6) is 0 Å². The molecule has 0 aliphatic carbocycles. The summed E-state index contributed by atoms with van der Waals surface area (Å²) in [6.45, 7) is 0. The van der Waals surface area contributed by atoms with E-state index in [1.807, 2.05) is 12.1 Å². The fourth-order valence-corrected chi connectivity index (χ4v) is 2.86. The van der Waals surface area contributed by atoms with E-state index in [2.05, 4.69) is 15.3 Å². The number of nitrogens with one attached hydrogen (secondary N) is 1. The molecular formula is C23H20N2O4. The summed E-state index contributed by atoms with van der Waals surface area (Å²) in [4.78, 5) is 24.4. The zero-order valence-corrected chi connectivity index (χ0v) is 15.8. The van der Waals surface area contributed by atoms with Crippen LogP contribution in [0.2, 0.25) is 0 Å². The maximum Gasteiger partial charge on any atom is 0.337 e. The molecule has 29 heavy (non-hydrogen) atoms. The minimum Gasteiger partial charge on any atom is -0.465 e. The van der Waals surface area contributed by atoms with E-state index < -0.39 is 17.5 Å². The van der Waals surface area contributed by atoms with E-state index in [9.17, 15) is 14.7 Å². The molecule has 0 aliphatic rings. The molecule has 0 saturated carbocycles. The highest BCUT2D eigenvalue weighted by molar-refractivity contribution is 5.92. The van der Waals surface area contributed by atoms with Gasteiger partial charge in [0.15, 0.2) is 5.60 Å². The van der Waals surface area contributed by atoms with E-state index in [1.165, 1.54) is 13.3 Å². The monoisotopic (exact) mass is 388 g/mol. The Morgan fingerprint density at radius 1 is 0.897 bits per heavy atom. The molecule has 0 bridgehead atoms. The van der Waals surface area contributed by atoms with Gasteiger partial charge in [-0.05, 0) is 28.8 Å². The van der Waals surface area contributed by atoms with Crippen molar-refractivity contribution in [2.24, 2.45) is 5.10 Å². The van der Waals surface area contributed by atoms with Gasteiger partial charge in [0.1, 0.15) is 0 Å². The number of ether oxygens (including phenoxy) is 1. The molecule has 0 fully saturated rings. The van der Waals surface area contributed by atoms with E-state index in [1.54, 1.807) is 72.8 Å². The molecule has 0 unspecified atom stereocenters. The van der Waals surface area contributed by atoms with Gasteiger partial charge in [-0.15, -0.1) is 0 Å². The van der Waals surface area contributed by atoms with Crippen molar-refractivity contribution in [3.8, 4) is 0 Å². The third kappa shape index (κ3) is 4.39. The van der Waals surface area contributed by atoms with Crippen molar-refractivity contribution >= 4 is 18.1 Å². The maximum atomic E-state index is 12.9. The number of nitrogens with zero attached hydrogens (tertiary/aromatic N) is 1. The Morgan fingerprint density at radius 3 is 1.90 bits per heavy atom. The molecule has 2 N–H and O–H groups in total. The molecule has 0 atom stereocenters. The van der Waals surface area contributed by atoms with Gasteiger partial charge in [-0.2, -0.15) is 5.10 Å². The van der Waals surface area contributed by atoms with Gasteiger partial charge in [-0.1, -0.05) is 72.8 Å². The fourth-order valence-electron chi connectivity index (χ4n) is 2.86. The average molecular weight is 388 g/mol. The number of amides is 1. The molecule has 0 aromatic heterocycles. The zero-order chi connectivity index (χ0) is 20.7. The second kappa shape index (κ2) is 8.95. The fraction of sp³-hybridized carbons (Fsp3) is 0.0870. The zero-order valence-electron chi connectivity index (χ0n) is 15.8. The Balaban J connectivity index is 1.81. The molecule has 146 valence electrons. The first kappa shape index (κ1) is 20.0. The highest BCUT2D eigenvalue weighted by Crippen LogP contribution is 2.29. The van der Waals surface area contributed by atoms with Gasteiger partial charge in [-0.3, -0.25) is 4.79 Å². The van der Waals surface area contributed by atoms with Crippen molar-refractivity contribution in [2.45, 2.75) is 5.60 Å². The summed E-state index contributed by atoms with van der Waals surface area (Å²) in [6, 6.07) is 23.9. The quantitative estimate of drug-likeness (QED) is 0.386. The third-order valence-corrected chi connectivity index (χ3v) is 4.42. The molecule has 3 aromatic carbocycles. The minimum absolute atomic E-state index is 0.413. The molecule has 0 heterocycles. The van der Waals surface area contributed by atoms with E-state index in [-0.39, 0.29) is 0 Å². The predicted molar refractivity (Wildman–Crippen MR) is 109 cm³/mol. The molecule has 0 radical (unpaired) electrons. The molecule has 6 heteroatoms. The summed E-state index contributed by atoms with van der Waals surface area (Å²) in [5, 5.41) is 15.3. The molecule has 3 aromatic rings. The first-order valence-electron chi connectivity index (χ1n) is 8.91. The van der Waals surface area contributed by atoms with Gasteiger partial charge in [0, 0.05) is 0 Å². The van der Waals surface area contributed by atoms with E-state index in [0.717, 1.165) is 0 Å². The van der Waals surface area contributed by atoms with Crippen molar-refractivity contribution < 1.29 is 19.4 Å². The van der Waals surface area contributed by atoms with Gasteiger partial charge >= 0.3 is 5.97 Å². The summed E-state index contributed by atoms with van der Waals surface area (Å²) in [5.74, 6) is -1.12. The highest BCUT2D eigenvalue weighted by atomic mass is 16.5. The maximum absolute atomic E-state index is 12.9. The smallest absolute Gasteiger partial charge is 0.337 e. The van der Waals surface area contributed by atoms with Crippen molar-refractivity contribution in [1.29, 1.82) is 0 Å². The first-order chi connectivity index (χ1) is 14.1. The van der Waals surface area contributed by atoms with Crippen LogP contribution in [0.15, 0.2) is 90.0 Å². The van der Waals surface area contributed by atoms with Crippen LogP contribution in [0, 0.1) is 0 Å². The van der Waals surface area contributed by atoms with Crippen LogP contribution < -0.4 is 5.43 Å². The number of aliphatic hydroxyl groups is 1. The van der Waals surface area contributed by atoms with Crippen LogP contribution in [0.4, 0.5) is 0 Å². The number of carbonyl (C=O) groups is 2. The Bertz CT molecular complexity index is 961. The van der Waals surface area contributed by atoms with E-state index >= 15 is 0 Å². The average Bonchev–Trinajstić information content (AvgIpc) is 2.79. The summed E-state index contributed by atoms with van der Waals surface area (Å²) in [7, 11) is 1.31. The Labute approximate surface area is 168 Å². The molecule has 0 saturated heterocycles. The highest BCUT2D eigenvalue weighted by Gasteiger charge is 2.39. The van der Waals surface area contributed by atoms with Crippen molar-refractivity contribution in [3.05, 3.63) is 107 Å². The van der Waals surface area contributed by atoms with Gasteiger partial charge in [0.05, 0.1) is 18.9 Å². The van der Waals surface area contributed by atoms with Gasteiger partial charge in [-0.25, -0.2) is 10.2 Å².